The van der Waals surface area contributed by atoms with E-state index in [9.17, 15) is 0 Å². The third-order valence-corrected chi connectivity index (χ3v) is 0.632. The Morgan fingerprint density at radius 3 is 1.71 bits per heavy atom. The highest BCUT2D eigenvalue weighted by Crippen LogP contribution is 1.81. The predicted molar refractivity (Wildman–Crippen MR) is 32.0 cm³/mol. The minimum Gasteiger partial charge on any atom is -0.319 e. The van der Waals surface area contributed by atoms with Crippen LogP contribution in [-0.2, 0) is 0 Å². The van der Waals surface area contributed by atoms with Crippen LogP contribution < -0.4 is 5.32 Å². The Bertz CT molecular complexity index is 44.5. The van der Waals surface area contributed by atoms with Crippen LogP contribution >= 0.6 is 0 Å². The van der Waals surface area contributed by atoms with E-state index in [4.69, 9.17) is 0 Å². The van der Waals surface area contributed by atoms with Crippen molar-refractivity contribution in [3.05, 3.63) is 0 Å². The average Bonchev–Trinajstić information content (AvgIpc) is 1.30. The molecule has 0 atom stereocenters. The topological polar surface area (TPSA) is 12.0 Å². The maximum atomic E-state index is 3.08. The minimum atomic E-state index is 0.983. The van der Waals surface area contributed by atoms with Gasteiger partial charge in [-0.1, -0.05) is 0 Å². The van der Waals surface area contributed by atoms with Gasteiger partial charge in [-0.15, -0.1) is 0 Å². The first-order valence-corrected chi connectivity index (χ1v) is 2.51. The Kier molecular flexibility index (Phi) is 2.26. The van der Waals surface area contributed by atoms with Crippen molar-refractivity contribution in [2.75, 3.05) is 34.9 Å². The molecular formula is C5H15N2+. The van der Waals surface area contributed by atoms with Crippen molar-refractivity contribution in [2.24, 2.45) is 0 Å². The van der Waals surface area contributed by atoms with E-state index in [1.807, 2.05) is 7.05 Å². The molecule has 0 rings (SSSR count). The van der Waals surface area contributed by atoms with Crippen molar-refractivity contribution >= 4 is 0 Å². The fourth-order valence-electron chi connectivity index (χ4n) is 0.474. The number of rotatable bonds is 2. The van der Waals surface area contributed by atoms with E-state index in [0.717, 1.165) is 11.2 Å². The van der Waals surface area contributed by atoms with Crippen molar-refractivity contribution in [3.8, 4) is 0 Å². The summed E-state index contributed by atoms with van der Waals surface area (Å²) in [5.41, 5.74) is 0. The molecule has 7 heavy (non-hydrogen) atoms. The Labute approximate surface area is 45.7 Å². The first kappa shape index (κ1) is 6.92. The van der Waals surface area contributed by atoms with Gasteiger partial charge in [0.15, 0.2) is 0 Å². The fraction of sp³-hybridized carbons (Fsp3) is 1.00. The van der Waals surface area contributed by atoms with Gasteiger partial charge in [0.2, 0.25) is 0 Å². The molecule has 44 valence electrons. The fourth-order valence-corrected chi connectivity index (χ4v) is 0.474. The molecule has 0 aliphatic heterocycles. The molecular weight excluding hydrogens is 88.1 g/mol. The molecule has 0 saturated heterocycles. The normalized spacial score (nSPS) is 12.0. The van der Waals surface area contributed by atoms with Crippen LogP contribution in [0.25, 0.3) is 0 Å². The summed E-state index contributed by atoms with van der Waals surface area (Å²) < 4.78 is 0.983. The van der Waals surface area contributed by atoms with Gasteiger partial charge in [0.1, 0.15) is 6.67 Å². The van der Waals surface area contributed by atoms with Crippen molar-refractivity contribution in [1.29, 1.82) is 0 Å². The second kappa shape index (κ2) is 2.28. The number of nitrogens with one attached hydrogen (secondary N) is 1. The van der Waals surface area contributed by atoms with Crippen molar-refractivity contribution in [1.82, 2.24) is 5.32 Å². The van der Waals surface area contributed by atoms with Crippen molar-refractivity contribution < 1.29 is 4.48 Å². The van der Waals surface area contributed by atoms with E-state index >= 15 is 0 Å². The number of hydrogen-bond acceptors (Lipinski definition) is 1. The molecule has 0 unspecified atom stereocenters. The first-order chi connectivity index (χ1) is 3.06. The molecule has 0 saturated carbocycles. The molecule has 0 fully saturated rings. The monoisotopic (exact) mass is 103 g/mol. The lowest BCUT2D eigenvalue weighted by atomic mass is 10.7. The predicted octanol–water partition coefficient (Wildman–Crippen LogP) is -0.131. The number of nitrogens with zero attached hydrogens (tertiary/aromatic N) is 1. The number of hydrogen-bond donors (Lipinski definition) is 1. The molecule has 0 aromatic heterocycles. The zero-order valence-electron chi connectivity index (χ0n) is 5.65. The van der Waals surface area contributed by atoms with Crippen LogP contribution in [0.5, 0.6) is 0 Å². The van der Waals surface area contributed by atoms with Gasteiger partial charge < -0.3 is 4.48 Å². The smallest absolute Gasteiger partial charge is 0.131 e. The Morgan fingerprint density at radius 1 is 1.29 bits per heavy atom. The highest BCUT2D eigenvalue weighted by molar-refractivity contribution is 4.14. The van der Waals surface area contributed by atoms with Gasteiger partial charge >= 0.3 is 0 Å². The van der Waals surface area contributed by atoms with Crippen LogP contribution in [0, 0.1) is 0 Å². The molecule has 0 aromatic carbocycles. The zero-order chi connectivity index (χ0) is 5.91. The number of quaternary nitrogens is 1. The van der Waals surface area contributed by atoms with E-state index < -0.39 is 0 Å². The van der Waals surface area contributed by atoms with Crippen molar-refractivity contribution in [2.45, 2.75) is 0 Å². The summed E-state index contributed by atoms with van der Waals surface area (Å²) in [7, 11) is 8.41. The van der Waals surface area contributed by atoms with E-state index in [0.29, 0.717) is 0 Å². The Morgan fingerprint density at radius 2 is 1.71 bits per heavy atom. The van der Waals surface area contributed by atoms with Gasteiger partial charge in [0.05, 0.1) is 21.1 Å². The van der Waals surface area contributed by atoms with Crippen LogP contribution in [0.4, 0.5) is 0 Å². The molecule has 0 heterocycles. The van der Waals surface area contributed by atoms with Gasteiger partial charge in [-0.25, -0.2) is 0 Å². The summed E-state index contributed by atoms with van der Waals surface area (Å²) in [6.45, 7) is 1.03. The zero-order valence-corrected chi connectivity index (χ0v) is 5.65. The molecule has 0 aliphatic carbocycles. The largest absolute Gasteiger partial charge is 0.319 e. The van der Waals surface area contributed by atoms with E-state index in [1.54, 1.807) is 0 Å². The highest BCUT2D eigenvalue weighted by Gasteiger charge is 2.00. The van der Waals surface area contributed by atoms with Gasteiger partial charge in [-0.2, -0.15) is 0 Å². The molecule has 1 N–H and O–H groups in total. The summed E-state index contributed by atoms with van der Waals surface area (Å²) >= 11 is 0. The van der Waals surface area contributed by atoms with Crippen LogP contribution in [0.2, 0.25) is 0 Å². The van der Waals surface area contributed by atoms with Crippen LogP contribution in [-0.4, -0.2) is 39.3 Å². The minimum absolute atomic E-state index is 0.983. The third-order valence-electron chi connectivity index (χ3n) is 0.632. The van der Waals surface area contributed by atoms with Crippen LogP contribution in [0.3, 0.4) is 0 Å². The second-order valence-corrected chi connectivity index (χ2v) is 2.80. The van der Waals surface area contributed by atoms with E-state index in [1.165, 1.54) is 0 Å². The van der Waals surface area contributed by atoms with Gasteiger partial charge in [0.25, 0.3) is 0 Å². The van der Waals surface area contributed by atoms with Crippen molar-refractivity contribution in [3.63, 3.8) is 0 Å². The Balaban J connectivity index is 3.15. The second-order valence-electron chi connectivity index (χ2n) is 2.80. The summed E-state index contributed by atoms with van der Waals surface area (Å²) in [5, 5.41) is 3.08. The van der Waals surface area contributed by atoms with Crippen LogP contribution in [0.15, 0.2) is 0 Å². The summed E-state index contributed by atoms with van der Waals surface area (Å²) in [6, 6.07) is 0. The van der Waals surface area contributed by atoms with Gasteiger partial charge in [-0.05, 0) is 7.05 Å². The third kappa shape index (κ3) is 5.92. The molecule has 2 heteroatoms. The highest BCUT2D eigenvalue weighted by atomic mass is 15.3. The SMILES string of the molecule is CNC[N+](C)(C)C. The summed E-state index contributed by atoms with van der Waals surface area (Å²) in [5.74, 6) is 0. The Hall–Kier alpha value is -0.0800. The standard InChI is InChI=1S/C5H15N2/c1-6-5-7(2,3)4/h6H,5H2,1-4H3/q+1. The molecule has 0 amide bonds. The average molecular weight is 103 g/mol. The van der Waals surface area contributed by atoms with Crippen LogP contribution in [0.1, 0.15) is 0 Å². The quantitative estimate of drug-likeness (QED) is 0.379. The molecule has 0 radical (unpaired) electrons. The van der Waals surface area contributed by atoms with Gasteiger partial charge in [-0.3, -0.25) is 5.32 Å². The summed E-state index contributed by atoms with van der Waals surface area (Å²) in [4.78, 5) is 0. The van der Waals surface area contributed by atoms with Gasteiger partial charge in [0, 0.05) is 0 Å². The lowest BCUT2D eigenvalue weighted by molar-refractivity contribution is -0.872. The lowest BCUT2D eigenvalue weighted by Crippen LogP contribution is -2.41. The lowest BCUT2D eigenvalue weighted by Gasteiger charge is -2.22. The molecule has 2 nitrogen and oxygen atoms in total. The first-order valence-electron chi connectivity index (χ1n) is 2.51. The van der Waals surface area contributed by atoms with E-state index in [-0.39, 0.29) is 0 Å². The van der Waals surface area contributed by atoms with E-state index in [2.05, 4.69) is 26.5 Å². The maximum Gasteiger partial charge on any atom is 0.131 e. The summed E-state index contributed by atoms with van der Waals surface area (Å²) in [6.07, 6.45) is 0. The molecule has 0 aliphatic rings. The molecule has 0 bridgehead atoms. The molecule has 0 aromatic rings. The maximum absolute atomic E-state index is 3.08. The molecule has 0 spiro atoms.